The van der Waals surface area contributed by atoms with Crippen LogP contribution in [-0.2, 0) is 9.59 Å². The number of methoxy groups -OCH3 is 2. The van der Waals surface area contributed by atoms with E-state index in [4.69, 9.17) is 18.9 Å². The van der Waals surface area contributed by atoms with Crippen molar-refractivity contribution in [2.45, 2.75) is 0 Å². The summed E-state index contributed by atoms with van der Waals surface area (Å²) >= 11 is 3.32. The zero-order valence-electron chi connectivity index (χ0n) is 20.0. The summed E-state index contributed by atoms with van der Waals surface area (Å²) in [6, 6.07) is 18.0. The van der Waals surface area contributed by atoms with Gasteiger partial charge >= 0.3 is 6.03 Å². The molecular formula is C27H23BrN2O7. The van der Waals surface area contributed by atoms with Crippen molar-refractivity contribution in [1.82, 2.24) is 5.32 Å². The molecule has 0 spiro atoms. The lowest BCUT2D eigenvalue weighted by atomic mass is 10.1. The SMILES string of the molecule is COc1ccccc1OCCOc1ccc(C=C2C(=O)NC(=O)N(c3ccc(Br)cc3)C2=O)cc1OC. The maximum absolute atomic E-state index is 13.1. The number of hydrogen-bond donors (Lipinski definition) is 1. The highest BCUT2D eigenvalue weighted by molar-refractivity contribution is 9.10. The quantitative estimate of drug-likeness (QED) is 0.229. The molecule has 4 amide bonds. The highest BCUT2D eigenvalue weighted by Gasteiger charge is 2.36. The van der Waals surface area contributed by atoms with Gasteiger partial charge in [-0.2, -0.15) is 0 Å². The largest absolute Gasteiger partial charge is 0.493 e. The number of barbiturate groups is 1. The molecule has 3 aromatic carbocycles. The van der Waals surface area contributed by atoms with Crippen LogP contribution < -0.4 is 29.2 Å². The Morgan fingerprint density at radius 2 is 1.43 bits per heavy atom. The van der Waals surface area contributed by atoms with Gasteiger partial charge in [0.15, 0.2) is 23.0 Å². The summed E-state index contributed by atoms with van der Waals surface area (Å²) in [5, 5.41) is 2.21. The highest BCUT2D eigenvalue weighted by Crippen LogP contribution is 2.30. The number of nitrogens with one attached hydrogen (secondary N) is 1. The topological polar surface area (TPSA) is 103 Å². The van der Waals surface area contributed by atoms with Crippen LogP contribution in [0.5, 0.6) is 23.0 Å². The van der Waals surface area contributed by atoms with E-state index in [1.54, 1.807) is 61.7 Å². The minimum atomic E-state index is -0.814. The summed E-state index contributed by atoms with van der Waals surface area (Å²) in [6.45, 7) is 0.504. The van der Waals surface area contributed by atoms with Crippen molar-refractivity contribution in [1.29, 1.82) is 0 Å². The molecule has 3 aromatic rings. The summed E-state index contributed by atoms with van der Waals surface area (Å²) in [6.07, 6.45) is 1.40. The number of ether oxygens (including phenoxy) is 4. The number of hydrogen-bond acceptors (Lipinski definition) is 7. The van der Waals surface area contributed by atoms with Gasteiger partial charge in [-0.25, -0.2) is 9.69 Å². The average Bonchev–Trinajstić information content (AvgIpc) is 2.90. The fourth-order valence-electron chi connectivity index (χ4n) is 3.58. The molecule has 10 heteroatoms. The maximum atomic E-state index is 13.1. The van der Waals surface area contributed by atoms with Crippen LogP contribution in [0.3, 0.4) is 0 Å². The van der Waals surface area contributed by atoms with E-state index in [2.05, 4.69) is 21.2 Å². The zero-order chi connectivity index (χ0) is 26.4. The first kappa shape index (κ1) is 25.8. The number of nitrogens with zero attached hydrogens (tertiary/aromatic N) is 1. The van der Waals surface area contributed by atoms with Crippen LogP contribution in [0.4, 0.5) is 10.5 Å². The Labute approximate surface area is 221 Å². The second-order valence-corrected chi connectivity index (χ2v) is 8.61. The van der Waals surface area contributed by atoms with Gasteiger partial charge in [-0.15, -0.1) is 0 Å². The minimum absolute atomic E-state index is 0.191. The monoisotopic (exact) mass is 566 g/mol. The van der Waals surface area contributed by atoms with Gasteiger partial charge in [0, 0.05) is 4.47 Å². The van der Waals surface area contributed by atoms with Crippen LogP contribution in [0.2, 0.25) is 0 Å². The molecule has 0 aliphatic carbocycles. The Hall–Kier alpha value is -4.31. The molecule has 0 bridgehead atoms. The van der Waals surface area contributed by atoms with Crippen molar-refractivity contribution in [3.05, 3.63) is 82.3 Å². The van der Waals surface area contributed by atoms with Gasteiger partial charge < -0.3 is 18.9 Å². The van der Waals surface area contributed by atoms with E-state index in [9.17, 15) is 14.4 Å². The molecule has 37 heavy (non-hydrogen) atoms. The molecule has 0 unspecified atom stereocenters. The van der Waals surface area contributed by atoms with Gasteiger partial charge in [-0.1, -0.05) is 34.1 Å². The first-order valence-corrected chi connectivity index (χ1v) is 11.9. The molecule has 1 aliphatic rings. The summed E-state index contributed by atoms with van der Waals surface area (Å²) < 4.78 is 23.0. The number of carbonyl (C=O) groups excluding carboxylic acids is 3. The second-order valence-electron chi connectivity index (χ2n) is 7.69. The number of rotatable bonds is 9. The Morgan fingerprint density at radius 3 is 2.08 bits per heavy atom. The average molecular weight is 567 g/mol. The first-order valence-electron chi connectivity index (χ1n) is 11.1. The first-order chi connectivity index (χ1) is 17.9. The number of benzene rings is 3. The van der Waals surface area contributed by atoms with Crippen LogP contribution in [-0.4, -0.2) is 45.3 Å². The molecule has 4 rings (SSSR count). The van der Waals surface area contributed by atoms with E-state index in [0.717, 1.165) is 9.37 Å². The molecule has 0 radical (unpaired) electrons. The van der Waals surface area contributed by atoms with Gasteiger partial charge in [0.05, 0.1) is 19.9 Å². The fraction of sp³-hybridized carbons (Fsp3) is 0.148. The third-order valence-electron chi connectivity index (χ3n) is 5.35. The zero-order valence-corrected chi connectivity index (χ0v) is 21.6. The lowest BCUT2D eigenvalue weighted by molar-refractivity contribution is -0.122. The van der Waals surface area contributed by atoms with Crippen LogP contribution in [0.1, 0.15) is 5.56 Å². The summed E-state index contributed by atoms with van der Waals surface area (Å²) in [5.41, 5.74) is 0.655. The lowest BCUT2D eigenvalue weighted by Crippen LogP contribution is -2.54. The fourth-order valence-corrected chi connectivity index (χ4v) is 3.85. The smallest absolute Gasteiger partial charge is 0.335 e. The van der Waals surface area contributed by atoms with Gasteiger partial charge in [-0.05, 0) is 60.2 Å². The van der Waals surface area contributed by atoms with Gasteiger partial charge in [0.2, 0.25) is 0 Å². The van der Waals surface area contributed by atoms with E-state index in [-0.39, 0.29) is 18.8 Å². The van der Waals surface area contributed by atoms with Crippen molar-refractivity contribution in [3.8, 4) is 23.0 Å². The normalized spacial score (nSPS) is 14.4. The van der Waals surface area contributed by atoms with Crippen molar-refractivity contribution in [2.24, 2.45) is 0 Å². The third-order valence-corrected chi connectivity index (χ3v) is 5.88. The van der Waals surface area contributed by atoms with E-state index in [0.29, 0.717) is 34.2 Å². The van der Waals surface area contributed by atoms with Gasteiger partial charge in [0.1, 0.15) is 18.8 Å². The van der Waals surface area contributed by atoms with E-state index >= 15 is 0 Å². The van der Waals surface area contributed by atoms with E-state index in [1.165, 1.54) is 13.2 Å². The van der Waals surface area contributed by atoms with Crippen LogP contribution in [0.25, 0.3) is 6.08 Å². The second kappa shape index (κ2) is 11.6. The van der Waals surface area contributed by atoms with E-state index < -0.39 is 17.8 Å². The molecule has 1 fully saturated rings. The minimum Gasteiger partial charge on any atom is -0.493 e. The van der Waals surface area contributed by atoms with E-state index in [1.807, 2.05) is 12.1 Å². The Kier molecular flexibility index (Phi) is 8.09. The van der Waals surface area contributed by atoms with Crippen molar-refractivity contribution in [3.63, 3.8) is 0 Å². The number of halogens is 1. The molecule has 1 aliphatic heterocycles. The molecule has 190 valence electrons. The predicted octanol–water partition coefficient (Wildman–Crippen LogP) is 4.59. The van der Waals surface area contributed by atoms with Crippen molar-refractivity contribution in [2.75, 3.05) is 32.3 Å². The highest BCUT2D eigenvalue weighted by atomic mass is 79.9. The third kappa shape index (κ3) is 5.92. The molecule has 1 saturated heterocycles. The number of amides is 4. The molecule has 1 heterocycles. The summed E-state index contributed by atoms with van der Waals surface area (Å²) in [7, 11) is 3.05. The molecule has 0 saturated carbocycles. The molecule has 9 nitrogen and oxygen atoms in total. The van der Waals surface area contributed by atoms with Gasteiger partial charge in [-0.3, -0.25) is 14.9 Å². The van der Waals surface area contributed by atoms with Crippen molar-refractivity contribution < 1.29 is 33.3 Å². The Bertz CT molecular complexity index is 1360. The van der Waals surface area contributed by atoms with Crippen LogP contribution >= 0.6 is 15.9 Å². The van der Waals surface area contributed by atoms with Crippen LogP contribution in [0, 0.1) is 0 Å². The Morgan fingerprint density at radius 1 is 0.811 bits per heavy atom. The van der Waals surface area contributed by atoms with Gasteiger partial charge in [0.25, 0.3) is 11.8 Å². The number of anilines is 1. The summed E-state index contributed by atoms with van der Waals surface area (Å²) in [5.74, 6) is 0.573. The molecule has 0 atom stereocenters. The standard InChI is InChI=1S/C27H23BrN2O7/c1-34-21-5-3-4-6-22(21)36-13-14-37-23-12-7-17(16-24(23)35-2)15-20-25(31)29-27(33)30(26(20)32)19-10-8-18(28)9-11-19/h3-12,15-16H,13-14H2,1-2H3,(H,29,31,33). The summed E-state index contributed by atoms with van der Waals surface area (Å²) in [4.78, 5) is 38.8. The van der Waals surface area contributed by atoms with Crippen LogP contribution in [0.15, 0.2) is 76.8 Å². The number of carbonyl (C=O) groups is 3. The predicted molar refractivity (Wildman–Crippen MR) is 140 cm³/mol. The molecular weight excluding hydrogens is 544 g/mol. The number of urea groups is 1. The number of para-hydroxylation sites is 2. The number of imide groups is 2. The molecule has 0 aromatic heterocycles. The van der Waals surface area contributed by atoms with Crippen molar-refractivity contribution >= 4 is 45.5 Å². The lowest BCUT2D eigenvalue weighted by Gasteiger charge is -2.26. The molecule has 1 N–H and O–H groups in total. The Balaban J connectivity index is 1.47. The maximum Gasteiger partial charge on any atom is 0.335 e.